The number of rotatable bonds is 7. The van der Waals surface area contributed by atoms with Crippen LogP contribution in [0, 0.1) is 0 Å². The first-order chi connectivity index (χ1) is 17.3. The number of carbonyl (C=O) groups is 1. The van der Waals surface area contributed by atoms with Gasteiger partial charge in [0.1, 0.15) is 0 Å². The number of primary amides is 1. The van der Waals surface area contributed by atoms with Crippen LogP contribution in [0.15, 0.2) is 73.4 Å². The Balaban J connectivity index is 1.71. The molecule has 0 spiro atoms. The summed E-state index contributed by atoms with van der Waals surface area (Å²) in [6, 6.07) is 15.7. The van der Waals surface area contributed by atoms with Gasteiger partial charge >= 0.3 is 0 Å². The molecule has 1 amide bonds. The van der Waals surface area contributed by atoms with E-state index in [9.17, 15) is 4.79 Å². The van der Waals surface area contributed by atoms with E-state index in [-0.39, 0.29) is 12.0 Å². The lowest BCUT2D eigenvalue weighted by atomic mass is 10.0. The Labute approximate surface area is 209 Å². The summed E-state index contributed by atoms with van der Waals surface area (Å²) < 4.78 is 3.98. The molecule has 3 N–H and O–H groups in total. The van der Waals surface area contributed by atoms with Crippen molar-refractivity contribution in [3.8, 4) is 22.6 Å². The second kappa shape index (κ2) is 9.30. The lowest BCUT2D eigenvalue weighted by molar-refractivity contribution is 0.100. The highest BCUT2D eigenvalue weighted by molar-refractivity contribution is 5.96. The molecule has 0 unspecified atom stereocenters. The van der Waals surface area contributed by atoms with E-state index in [4.69, 9.17) is 10.8 Å². The molecule has 3 aromatic heterocycles. The molecule has 0 saturated heterocycles. The number of benzene rings is 2. The number of nitrogens with one attached hydrogen (secondary N) is 1. The Morgan fingerprint density at radius 2 is 1.86 bits per heavy atom. The summed E-state index contributed by atoms with van der Waals surface area (Å²) in [6.07, 6.45) is 7.40. The molecule has 3 heterocycles. The van der Waals surface area contributed by atoms with E-state index in [1.54, 1.807) is 18.3 Å². The molecule has 0 fully saturated rings. The highest BCUT2D eigenvalue weighted by Gasteiger charge is 2.21. The average molecular weight is 480 g/mol. The molecule has 2 aromatic carbocycles. The van der Waals surface area contributed by atoms with Crippen molar-refractivity contribution in [2.45, 2.75) is 39.7 Å². The van der Waals surface area contributed by atoms with Gasteiger partial charge in [-0.1, -0.05) is 19.9 Å². The summed E-state index contributed by atoms with van der Waals surface area (Å²) in [6.45, 7) is 8.39. The number of fused-ring (bicyclic) bond motifs is 1. The largest absolute Gasteiger partial charge is 0.381 e. The number of carbonyl (C=O) groups excluding carboxylic acids is 1. The molecule has 8 heteroatoms. The first kappa shape index (κ1) is 23.3. The molecule has 0 saturated carbocycles. The maximum atomic E-state index is 11.9. The number of hydrogen-bond donors (Lipinski definition) is 2. The maximum Gasteiger partial charge on any atom is 0.248 e. The molecule has 5 aromatic rings. The Kier molecular flexibility index (Phi) is 6.01. The molecule has 0 radical (unpaired) electrons. The summed E-state index contributed by atoms with van der Waals surface area (Å²) >= 11 is 0. The predicted molar refractivity (Wildman–Crippen MR) is 143 cm³/mol. The van der Waals surface area contributed by atoms with Crippen molar-refractivity contribution in [3.05, 3.63) is 84.7 Å². The minimum atomic E-state index is -0.464. The van der Waals surface area contributed by atoms with Crippen molar-refractivity contribution < 1.29 is 4.79 Å². The summed E-state index contributed by atoms with van der Waals surface area (Å²) in [5, 5.41) is 9.57. The zero-order chi connectivity index (χ0) is 25.4. The third-order valence-electron chi connectivity index (χ3n) is 6.03. The van der Waals surface area contributed by atoms with Crippen molar-refractivity contribution >= 4 is 22.5 Å². The molecule has 0 aliphatic heterocycles. The monoisotopic (exact) mass is 479 g/mol. The summed E-state index contributed by atoms with van der Waals surface area (Å²) in [4.78, 5) is 20.7. The van der Waals surface area contributed by atoms with Crippen LogP contribution in [0.2, 0.25) is 0 Å². The molecule has 0 bridgehead atoms. The summed E-state index contributed by atoms with van der Waals surface area (Å²) in [5.41, 5.74) is 12.4. The minimum absolute atomic E-state index is 0.158. The molecule has 0 aliphatic carbocycles. The van der Waals surface area contributed by atoms with Gasteiger partial charge in [0.25, 0.3) is 0 Å². The zero-order valence-electron chi connectivity index (χ0n) is 20.8. The fraction of sp³-hybridized carbons (Fsp3) is 0.214. The number of nitrogens with two attached hydrogens (primary N) is 1. The molecule has 8 nitrogen and oxygen atoms in total. The summed E-state index contributed by atoms with van der Waals surface area (Å²) in [5.74, 6) is -0.282. The van der Waals surface area contributed by atoms with Gasteiger partial charge in [0, 0.05) is 41.1 Å². The van der Waals surface area contributed by atoms with Gasteiger partial charge in [-0.05, 0) is 62.2 Å². The van der Waals surface area contributed by atoms with Gasteiger partial charge in [-0.25, -0.2) is 9.67 Å². The fourth-order valence-electron chi connectivity index (χ4n) is 4.40. The van der Waals surface area contributed by atoms with Gasteiger partial charge in [-0.2, -0.15) is 5.10 Å². The first-order valence-corrected chi connectivity index (χ1v) is 12.0. The van der Waals surface area contributed by atoms with Crippen LogP contribution in [-0.2, 0) is 0 Å². The van der Waals surface area contributed by atoms with E-state index in [0.717, 1.165) is 44.9 Å². The quantitative estimate of drug-likeness (QED) is 0.329. The molecular weight excluding hydrogens is 450 g/mol. The van der Waals surface area contributed by atoms with Crippen LogP contribution in [0.1, 0.15) is 49.7 Å². The van der Waals surface area contributed by atoms with Crippen molar-refractivity contribution in [2.75, 3.05) is 5.32 Å². The highest BCUT2D eigenvalue weighted by Crippen LogP contribution is 2.34. The predicted octanol–water partition coefficient (Wildman–Crippen LogP) is 5.32. The number of nitrogens with zero attached hydrogens (tertiary/aromatic N) is 5. The van der Waals surface area contributed by atoms with E-state index in [2.05, 4.69) is 55.1 Å². The maximum absolute atomic E-state index is 11.9. The van der Waals surface area contributed by atoms with Crippen LogP contribution in [-0.4, -0.2) is 36.3 Å². The molecular formula is C28H29N7O. The number of pyridine rings is 1. The van der Waals surface area contributed by atoms with Crippen LogP contribution < -0.4 is 11.1 Å². The van der Waals surface area contributed by atoms with E-state index in [0.29, 0.717) is 5.56 Å². The Morgan fingerprint density at radius 1 is 1.03 bits per heavy atom. The van der Waals surface area contributed by atoms with Gasteiger partial charge < -0.3 is 15.6 Å². The summed E-state index contributed by atoms with van der Waals surface area (Å²) in [7, 11) is 0. The lowest BCUT2D eigenvalue weighted by Crippen LogP contribution is -2.16. The number of amides is 1. The third kappa shape index (κ3) is 4.22. The number of imidazole rings is 1. The topological polar surface area (TPSA) is 104 Å². The first-order valence-electron chi connectivity index (χ1n) is 12.0. The third-order valence-corrected chi connectivity index (χ3v) is 6.03. The second-order valence-corrected chi connectivity index (χ2v) is 9.43. The zero-order valence-corrected chi connectivity index (χ0v) is 20.8. The van der Waals surface area contributed by atoms with E-state index in [1.807, 2.05) is 52.2 Å². The van der Waals surface area contributed by atoms with Crippen molar-refractivity contribution in [3.63, 3.8) is 0 Å². The lowest BCUT2D eigenvalue weighted by Gasteiger charge is -2.16. The van der Waals surface area contributed by atoms with E-state index in [1.165, 1.54) is 0 Å². The second-order valence-electron chi connectivity index (χ2n) is 9.43. The van der Waals surface area contributed by atoms with Crippen molar-refractivity contribution in [2.24, 2.45) is 5.73 Å². The van der Waals surface area contributed by atoms with E-state index >= 15 is 0 Å². The average Bonchev–Trinajstić information content (AvgIpc) is 3.50. The minimum Gasteiger partial charge on any atom is -0.381 e. The van der Waals surface area contributed by atoms with Crippen LogP contribution in [0.3, 0.4) is 0 Å². The van der Waals surface area contributed by atoms with Crippen LogP contribution >= 0.6 is 0 Å². The standard InChI is InChI=1S/C28H29N7O/c1-17(2)27-26-24(34-15-22(31-16-34)20-7-6-12-30-14-20)8-5-9-25(26)35(33-27)23-11-10-19(28(29)36)13-21(23)32-18(3)4/h5-18,32H,1-4H3,(H2,29,36). The van der Waals surface area contributed by atoms with Gasteiger partial charge in [0.2, 0.25) is 5.91 Å². The number of aromatic nitrogens is 5. The Hall–Kier alpha value is -4.46. The Morgan fingerprint density at radius 3 is 2.56 bits per heavy atom. The Bertz CT molecular complexity index is 1550. The molecule has 0 aliphatic rings. The SMILES string of the molecule is CC(C)Nc1cc(C(N)=O)ccc1-n1nc(C(C)C)c2c(-n3cnc(-c4cccnc4)c3)cccc21. The van der Waals surface area contributed by atoms with Crippen molar-refractivity contribution in [1.82, 2.24) is 24.3 Å². The molecule has 0 atom stereocenters. The molecule has 182 valence electrons. The molecule has 36 heavy (non-hydrogen) atoms. The van der Waals surface area contributed by atoms with Crippen LogP contribution in [0.4, 0.5) is 5.69 Å². The van der Waals surface area contributed by atoms with Crippen LogP contribution in [0.5, 0.6) is 0 Å². The van der Waals surface area contributed by atoms with Crippen LogP contribution in [0.25, 0.3) is 33.5 Å². The van der Waals surface area contributed by atoms with E-state index < -0.39 is 5.91 Å². The van der Waals surface area contributed by atoms with Gasteiger partial charge in [0.15, 0.2) is 0 Å². The fourth-order valence-corrected chi connectivity index (χ4v) is 4.40. The number of hydrogen-bond acceptors (Lipinski definition) is 5. The normalized spacial score (nSPS) is 11.5. The van der Waals surface area contributed by atoms with Crippen molar-refractivity contribution in [1.29, 1.82) is 0 Å². The van der Waals surface area contributed by atoms with Gasteiger partial charge in [-0.3, -0.25) is 9.78 Å². The number of anilines is 1. The smallest absolute Gasteiger partial charge is 0.248 e. The molecule has 5 rings (SSSR count). The highest BCUT2D eigenvalue weighted by atomic mass is 16.1. The van der Waals surface area contributed by atoms with Gasteiger partial charge in [-0.15, -0.1) is 0 Å². The van der Waals surface area contributed by atoms with Gasteiger partial charge in [0.05, 0.1) is 40.3 Å².